The molecule has 1 aromatic heterocycles. The van der Waals surface area contributed by atoms with Gasteiger partial charge in [-0.05, 0) is 18.6 Å². The van der Waals surface area contributed by atoms with E-state index in [1.807, 2.05) is 13.0 Å². The van der Waals surface area contributed by atoms with Crippen LogP contribution in [-0.4, -0.2) is 4.98 Å². The monoisotopic (exact) mass is 147 g/mol. The van der Waals surface area contributed by atoms with Crippen LogP contribution in [0.4, 0.5) is 5.69 Å². The molecule has 0 unspecified atom stereocenters. The van der Waals surface area contributed by atoms with Crippen LogP contribution in [0, 0.1) is 18.3 Å². The molecule has 3 heteroatoms. The Morgan fingerprint density at radius 1 is 1.73 bits per heavy atom. The number of rotatable bonds is 1. The number of anilines is 1. The average molecular weight is 147 g/mol. The number of nitriles is 1. The van der Waals surface area contributed by atoms with E-state index in [9.17, 15) is 0 Å². The van der Waals surface area contributed by atoms with Gasteiger partial charge >= 0.3 is 0 Å². The summed E-state index contributed by atoms with van der Waals surface area (Å²) in [6.07, 6.45) is 1.95. The van der Waals surface area contributed by atoms with E-state index in [-0.39, 0.29) is 0 Å². The molecule has 0 spiro atoms. The number of nitrogen functional groups attached to an aromatic ring is 1. The topological polar surface area (TPSA) is 62.7 Å². The average Bonchev–Trinajstić information content (AvgIpc) is 1.99. The summed E-state index contributed by atoms with van der Waals surface area (Å²) in [7, 11) is 0. The van der Waals surface area contributed by atoms with Gasteiger partial charge in [-0.25, -0.2) is 0 Å². The summed E-state index contributed by atoms with van der Waals surface area (Å²) in [5.41, 5.74) is 7.98. The van der Waals surface area contributed by atoms with Crippen LogP contribution in [0.25, 0.3) is 0 Å². The highest BCUT2D eigenvalue weighted by molar-refractivity contribution is 5.47. The fourth-order valence-electron chi connectivity index (χ4n) is 0.849. The lowest BCUT2D eigenvalue weighted by molar-refractivity contribution is 1.08. The molecule has 1 aromatic rings. The number of nitrogens with two attached hydrogens (primary N) is 1. The first-order chi connectivity index (χ1) is 5.25. The van der Waals surface area contributed by atoms with Crippen LogP contribution in [0.15, 0.2) is 12.3 Å². The third-order valence-electron chi connectivity index (χ3n) is 1.60. The molecule has 0 amide bonds. The lowest BCUT2D eigenvalue weighted by Crippen LogP contribution is -1.97. The van der Waals surface area contributed by atoms with E-state index in [0.29, 0.717) is 12.1 Å². The highest BCUT2D eigenvalue weighted by atomic mass is 14.7. The smallest absolute Gasteiger partial charge is 0.0778 e. The number of hydrogen-bond acceptors (Lipinski definition) is 3. The van der Waals surface area contributed by atoms with Crippen LogP contribution >= 0.6 is 0 Å². The summed E-state index contributed by atoms with van der Waals surface area (Å²) in [6, 6.07) is 3.77. The van der Waals surface area contributed by atoms with Gasteiger partial charge in [0.05, 0.1) is 18.2 Å². The second-order valence-electron chi connectivity index (χ2n) is 2.31. The quantitative estimate of drug-likeness (QED) is 0.645. The standard InChI is InChI=1S/C8H9N3/c1-6-7(10)3-5-11-8(6)2-4-9/h3,5H,2H2,1H3,(H2,10,11). The minimum Gasteiger partial charge on any atom is -0.398 e. The molecule has 0 aromatic carbocycles. The van der Waals surface area contributed by atoms with Crippen molar-refractivity contribution < 1.29 is 0 Å². The molecule has 0 fully saturated rings. The van der Waals surface area contributed by atoms with E-state index >= 15 is 0 Å². The number of hydrogen-bond donors (Lipinski definition) is 1. The summed E-state index contributed by atoms with van der Waals surface area (Å²) in [6.45, 7) is 1.87. The van der Waals surface area contributed by atoms with E-state index in [0.717, 1.165) is 11.3 Å². The number of nitrogens with zero attached hydrogens (tertiary/aromatic N) is 2. The van der Waals surface area contributed by atoms with Crippen LogP contribution in [0.1, 0.15) is 11.3 Å². The van der Waals surface area contributed by atoms with Crippen molar-refractivity contribution in [3.8, 4) is 6.07 Å². The molecular weight excluding hydrogens is 138 g/mol. The van der Waals surface area contributed by atoms with Gasteiger partial charge in [-0.2, -0.15) is 5.26 Å². The summed E-state index contributed by atoms with van der Waals surface area (Å²) >= 11 is 0. The highest BCUT2D eigenvalue weighted by Crippen LogP contribution is 2.12. The minimum atomic E-state index is 0.330. The Labute approximate surface area is 65.5 Å². The Kier molecular flexibility index (Phi) is 2.07. The van der Waals surface area contributed by atoms with Crippen molar-refractivity contribution in [3.63, 3.8) is 0 Å². The number of aromatic nitrogens is 1. The Hall–Kier alpha value is -1.56. The SMILES string of the molecule is Cc1c(N)ccnc1CC#N. The molecule has 0 bridgehead atoms. The third-order valence-corrected chi connectivity index (χ3v) is 1.60. The zero-order chi connectivity index (χ0) is 8.27. The lowest BCUT2D eigenvalue weighted by Gasteiger charge is -2.01. The maximum atomic E-state index is 8.40. The zero-order valence-corrected chi connectivity index (χ0v) is 6.33. The van der Waals surface area contributed by atoms with Gasteiger partial charge in [0.2, 0.25) is 0 Å². The first kappa shape index (κ1) is 7.55. The molecule has 2 N–H and O–H groups in total. The summed E-state index contributed by atoms with van der Waals surface area (Å²) < 4.78 is 0. The van der Waals surface area contributed by atoms with Gasteiger partial charge < -0.3 is 5.73 Å². The molecule has 0 aliphatic rings. The van der Waals surface area contributed by atoms with Crippen LogP contribution < -0.4 is 5.73 Å². The van der Waals surface area contributed by atoms with Crippen LogP contribution in [-0.2, 0) is 6.42 Å². The van der Waals surface area contributed by atoms with Crippen molar-refractivity contribution in [2.45, 2.75) is 13.3 Å². The summed E-state index contributed by atoms with van der Waals surface area (Å²) in [5, 5.41) is 8.40. The molecule has 0 aliphatic carbocycles. The van der Waals surface area contributed by atoms with E-state index in [2.05, 4.69) is 4.98 Å². The van der Waals surface area contributed by atoms with Gasteiger partial charge in [0.15, 0.2) is 0 Å². The van der Waals surface area contributed by atoms with Gasteiger partial charge in [-0.15, -0.1) is 0 Å². The summed E-state index contributed by atoms with van der Waals surface area (Å²) in [5.74, 6) is 0. The predicted octanol–water partition coefficient (Wildman–Crippen LogP) is 1.04. The molecule has 11 heavy (non-hydrogen) atoms. The van der Waals surface area contributed by atoms with Gasteiger partial charge in [0.1, 0.15) is 0 Å². The minimum absolute atomic E-state index is 0.330. The van der Waals surface area contributed by atoms with Gasteiger partial charge in [-0.1, -0.05) is 0 Å². The van der Waals surface area contributed by atoms with E-state index in [4.69, 9.17) is 11.0 Å². The second-order valence-corrected chi connectivity index (χ2v) is 2.31. The van der Waals surface area contributed by atoms with Crippen LogP contribution in [0.5, 0.6) is 0 Å². The molecule has 0 saturated carbocycles. The molecule has 3 nitrogen and oxygen atoms in total. The van der Waals surface area contributed by atoms with Crippen molar-refractivity contribution in [1.29, 1.82) is 5.26 Å². The molecule has 1 rings (SSSR count). The molecule has 56 valence electrons. The van der Waals surface area contributed by atoms with Crippen molar-refractivity contribution in [2.75, 3.05) is 5.73 Å². The van der Waals surface area contributed by atoms with Crippen molar-refractivity contribution in [1.82, 2.24) is 4.98 Å². The summed E-state index contributed by atoms with van der Waals surface area (Å²) in [4.78, 5) is 4.03. The molecule has 0 radical (unpaired) electrons. The van der Waals surface area contributed by atoms with Gasteiger partial charge in [-0.3, -0.25) is 4.98 Å². The van der Waals surface area contributed by atoms with Crippen LogP contribution in [0.3, 0.4) is 0 Å². The van der Waals surface area contributed by atoms with Crippen LogP contribution in [0.2, 0.25) is 0 Å². The first-order valence-corrected chi connectivity index (χ1v) is 3.32. The normalized spacial score (nSPS) is 9.09. The maximum Gasteiger partial charge on any atom is 0.0778 e. The van der Waals surface area contributed by atoms with E-state index in [1.165, 1.54) is 0 Å². The lowest BCUT2D eigenvalue weighted by atomic mass is 10.1. The predicted molar refractivity (Wildman–Crippen MR) is 42.7 cm³/mol. The van der Waals surface area contributed by atoms with E-state index < -0.39 is 0 Å². The largest absolute Gasteiger partial charge is 0.398 e. The van der Waals surface area contributed by atoms with E-state index in [1.54, 1.807) is 12.3 Å². The fraction of sp³-hybridized carbons (Fsp3) is 0.250. The molecular formula is C8H9N3. The maximum absolute atomic E-state index is 8.40. The Morgan fingerprint density at radius 3 is 3.09 bits per heavy atom. The van der Waals surface area contributed by atoms with Crippen molar-refractivity contribution in [3.05, 3.63) is 23.5 Å². The Bertz CT molecular complexity index is 299. The number of pyridine rings is 1. The molecule has 0 saturated heterocycles. The zero-order valence-electron chi connectivity index (χ0n) is 6.33. The molecule has 0 atom stereocenters. The molecule has 1 heterocycles. The Balaban J connectivity index is 3.08. The third kappa shape index (κ3) is 1.47. The first-order valence-electron chi connectivity index (χ1n) is 3.32. The molecule has 0 aliphatic heterocycles. The van der Waals surface area contributed by atoms with Crippen molar-refractivity contribution in [2.24, 2.45) is 0 Å². The van der Waals surface area contributed by atoms with Gasteiger partial charge in [0, 0.05) is 11.9 Å². The van der Waals surface area contributed by atoms with Crippen molar-refractivity contribution >= 4 is 5.69 Å². The van der Waals surface area contributed by atoms with Gasteiger partial charge in [0.25, 0.3) is 0 Å². The Morgan fingerprint density at radius 2 is 2.45 bits per heavy atom. The highest BCUT2D eigenvalue weighted by Gasteiger charge is 2.00. The second kappa shape index (κ2) is 3.02. The fourth-order valence-corrected chi connectivity index (χ4v) is 0.849.